The van der Waals surface area contributed by atoms with Crippen LogP contribution in [0.25, 0.3) is 16.9 Å². The van der Waals surface area contributed by atoms with Gasteiger partial charge in [-0.3, -0.25) is 4.57 Å². The molecule has 1 fully saturated rings. The zero-order valence-corrected chi connectivity index (χ0v) is 16.4. The lowest BCUT2D eigenvalue weighted by Crippen LogP contribution is -2.36. The van der Waals surface area contributed by atoms with E-state index in [0.717, 1.165) is 24.3 Å². The van der Waals surface area contributed by atoms with Gasteiger partial charge in [-0.2, -0.15) is 4.98 Å². The minimum Gasteiger partial charge on any atom is -0.477 e. The highest BCUT2D eigenvalue weighted by molar-refractivity contribution is 7.90. The number of pyridine rings is 1. The molecule has 1 saturated heterocycles. The van der Waals surface area contributed by atoms with E-state index in [1.54, 1.807) is 23.2 Å². The number of hydrogen-bond donors (Lipinski definition) is 0. The summed E-state index contributed by atoms with van der Waals surface area (Å²) in [5, 5.41) is 0.883. The van der Waals surface area contributed by atoms with Crippen LogP contribution in [0.5, 0.6) is 5.88 Å². The number of nitrogens with zero attached hydrogens (tertiary/aromatic N) is 4. The van der Waals surface area contributed by atoms with Gasteiger partial charge in [-0.25, -0.2) is 13.4 Å². The highest BCUT2D eigenvalue weighted by Gasteiger charge is 2.20. The third-order valence-electron chi connectivity index (χ3n) is 4.44. The van der Waals surface area contributed by atoms with Gasteiger partial charge >= 0.3 is 0 Å². The van der Waals surface area contributed by atoms with Crippen molar-refractivity contribution in [3.63, 3.8) is 0 Å². The molecular formula is C18H22N4O5S. The minimum absolute atomic E-state index is 0.0805. The smallest absolute Gasteiger partial charge is 0.219 e. The molecule has 9 nitrogen and oxygen atoms in total. The number of aromatic nitrogens is 3. The summed E-state index contributed by atoms with van der Waals surface area (Å²) < 4.78 is 41.5. The van der Waals surface area contributed by atoms with Gasteiger partial charge in [0.05, 0.1) is 31.0 Å². The van der Waals surface area contributed by atoms with Crippen molar-refractivity contribution < 1.29 is 22.3 Å². The van der Waals surface area contributed by atoms with Gasteiger partial charge in [0, 0.05) is 43.9 Å². The minimum atomic E-state index is -3.01. The lowest BCUT2D eigenvalue weighted by Gasteiger charge is -2.28. The molecule has 3 aromatic rings. The molecule has 0 aromatic carbocycles. The fourth-order valence-electron chi connectivity index (χ4n) is 3.09. The van der Waals surface area contributed by atoms with Crippen LogP contribution in [0.1, 0.15) is 6.42 Å². The van der Waals surface area contributed by atoms with Gasteiger partial charge in [0.15, 0.2) is 0 Å². The monoisotopic (exact) mass is 406 g/mol. The maximum Gasteiger partial charge on any atom is 0.219 e. The zero-order chi connectivity index (χ0) is 19.6. The molecule has 1 aliphatic heterocycles. The van der Waals surface area contributed by atoms with Crippen LogP contribution in [0, 0.1) is 0 Å². The van der Waals surface area contributed by atoms with Gasteiger partial charge in [-0.15, -0.1) is 0 Å². The van der Waals surface area contributed by atoms with Crippen LogP contribution in [0.3, 0.4) is 0 Å². The van der Waals surface area contributed by atoms with Crippen LogP contribution in [-0.4, -0.2) is 67.9 Å². The molecule has 4 heterocycles. The van der Waals surface area contributed by atoms with E-state index in [9.17, 15) is 8.42 Å². The number of imidazole rings is 1. The average Bonchev–Trinajstić information content (AvgIpc) is 3.34. The van der Waals surface area contributed by atoms with Crippen LogP contribution < -0.4 is 9.64 Å². The van der Waals surface area contributed by atoms with E-state index >= 15 is 0 Å². The number of fused-ring (bicyclic) bond motifs is 1. The van der Waals surface area contributed by atoms with E-state index in [0.29, 0.717) is 37.0 Å². The van der Waals surface area contributed by atoms with Gasteiger partial charge in [0.25, 0.3) is 0 Å². The van der Waals surface area contributed by atoms with Gasteiger partial charge < -0.3 is 18.8 Å². The second kappa shape index (κ2) is 7.80. The number of hydrogen-bond acceptors (Lipinski definition) is 8. The van der Waals surface area contributed by atoms with Crippen LogP contribution in [0.15, 0.2) is 35.3 Å². The number of furan rings is 1. The van der Waals surface area contributed by atoms with Gasteiger partial charge in [0.1, 0.15) is 27.6 Å². The molecule has 0 saturated carbocycles. The van der Waals surface area contributed by atoms with Crippen molar-refractivity contribution in [2.24, 2.45) is 0 Å². The van der Waals surface area contributed by atoms with Gasteiger partial charge in [-0.1, -0.05) is 0 Å². The summed E-state index contributed by atoms with van der Waals surface area (Å²) in [6.07, 6.45) is 6.78. The fourth-order valence-corrected chi connectivity index (χ4v) is 3.73. The Morgan fingerprint density at radius 2 is 2.07 bits per heavy atom. The van der Waals surface area contributed by atoms with Crippen LogP contribution in [-0.2, 0) is 14.6 Å². The second-order valence-corrected chi connectivity index (χ2v) is 8.94. The van der Waals surface area contributed by atoms with Crippen molar-refractivity contribution in [2.45, 2.75) is 6.42 Å². The fraction of sp³-hybridized carbons (Fsp3) is 0.444. The van der Waals surface area contributed by atoms with Crippen molar-refractivity contribution >= 4 is 26.6 Å². The number of rotatable bonds is 7. The van der Waals surface area contributed by atoms with Gasteiger partial charge in [-0.05, 0) is 6.42 Å². The maximum absolute atomic E-state index is 11.3. The number of anilines is 1. The summed E-state index contributed by atoms with van der Waals surface area (Å²) in [6.45, 7) is 2.99. The highest BCUT2D eigenvalue weighted by atomic mass is 32.2. The Hall–Kier alpha value is -2.59. The first-order valence-corrected chi connectivity index (χ1v) is 11.1. The molecule has 1 aliphatic rings. The van der Waals surface area contributed by atoms with Crippen molar-refractivity contribution in [2.75, 3.05) is 49.8 Å². The molecule has 10 heteroatoms. The van der Waals surface area contributed by atoms with E-state index < -0.39 is 9.84 Å². The topological polar surface area (TPSA) is 99.7 Å². The normalized spacial score (nSPS) is 15.2. The standard InChI is InChI=1S/C18H22N4O5S/c1-28(23,24)10-2-7-26-16-12-15-14(11-17(27-15)22-4-3-19-13-22)18(20-16)21-5-8-25-9-6-21/h3-4,11-13H,2,5-10H2,1H3. The Bertz CT molecular complexity index is 1040. The first-order valence-electron chi connectivity index (χ1n) is 9.06. The first-order chi connectivity index (χ1) is 13.5. The second-order valence-electron chi connectivity index (χ2n) is 6.68. The Balaban J connectivity index is 1.64. The summed E-state index contributed by atoms with van der Waals surface area (Å²) in [5.41, 5.74) is 0.651. The van der Waals surface area contributed by atoms with E-state index in [-0.39, 0.29) is 12.4 Å². The third kappa shape index (κ3) is 4.28. The van der Waals surface area contributed by atoms with Crippen molar-refractivity contribution in [1.82, 2.24) is 14.5 Å². The molecule has 3 aromatic heterocycles. The molecule has 0 amide bonds. The molecule has 0 radical (unpaired) electrons. The molecule has 150 valence electrons. The summed E-state index contributed by atoms with van der Waals surface area (Å²) in [5.74, 6) is 1.90. The van der Waals surface area contributed by atoms with Crippen LogP contribution >= 0.6 is 0 Å². The predicted molar refractivity (Wildman–Crippen MR) is 104 cm³/mol. The Morgan fingerprint density at radius 3 is 2.79 bits per heavy atom. The van der Waals surface area contributed by atoms with E-state index in [2.05, 4.69) is 14.9 Å². The lowest BCUT2D eigenvalue weighted by molar-refractivity contribution is 0.122. The zero-order valence-electron chi connectivity index (χ0n) is 15.6. The van der Waals surface area contributed by atoms with Crippen molar-refractivity contribution in [1.29, 1.82) is 0 Å². The molecule has 0 atom stereocenters. The van der Waals surface area contributed by atoms with Crippen LogP contribution in [0.2, 0.25) is 0 Å². The van der Waals surface area contributed by atoms with E-state index in [4.69, 9.17) is 13.9 Å². The highest BCUT2D eigenvalue weighted by Crippen LogP contribution is 2.33. The molecule has 0 aliphatic carbocycles. The SMILES string of the molecule is CS(=O)(=O)CCCOc1cc2oc(-n3ccnc3)cc2c(N2CCOCC2)n1. The summed E-state index contributed by atoms with van der Waals surface area (Å²) in [7, 11) is -3.01. The van der Waals surface area contributed by atoms with Crippen molar-refractivity contribution in [3.8, 4) is 11.8 Å². The van der Waals surface area contributed by atoms with Crippen molar-refractivity contribution in [3.05, 3.63) is 30.9 Å². The summed E-state index contributed by atoms with van der Waals surface area (Å²) in [6, 6.07) is 3.67. The maximum atomic E-state index is 11.3. The molecule has 28 heavy (non-hydrogen) atoms. The van der Waals surface area contributed by atoms with E-state index in [1.165, 1.54) is 6.26 Å². The largest absolute Gasteiger partial charge is 0.477 e. The number of ether oxygens (including phenoxy) is 2. The molecule has 0 bridgehead atoms. The van der Waals surface area contributed by atoms with Crippen LogP contribution in [0.4, 0.5) is 5.82 Å². The molecule has 4 rings (SSSR count). The lowest BCUT2D eigenvalue weighted by atomic mass is 10.2. The number of morpholine rings is 1. The average molecular weight is 406 g/mol. The Morgan fingerprint density at radius 1 is 1.25 bits per heavy atom. The molecule has 0 unspecified atom stereocenters. The Kier molecular flexibility index (Phi) is 5.23. The third-order valence-corrected chi connectivity index (χ3v) is 5.47. The van der Waals surface area contributed by atoms with Gasteiger partial charge in [0.2, 0.25) is 11.8 Å². The van der Waals surface area contributed by atoms with E-state index in [1.807, 2.05) is 12.3 Å². The quantitative estimate of drug-likeness (QED) is 0.546. The molecule has 0 N–H and O–H groups in total. The molecular weight excluding hydrogens is 384 g/mol. The first kappa shape index (κ1) is 18.8. The molecule has 0 spiro atoms. The number of sulfone groups is 1. The summed E-state index contributed by atoms with van der Waals surface area (Å²) in [4.78, 5) is 10.9. The Labute approximate surface area is 162 Å². The predicted octanol–water partition coefficient (Wildman–Crippen LogP) is 1.66. The summed E-state index contributed by atoms with van der Waals surface area (Å²) >= 11 is 0.